The van der Waals surface area contributed by atoms with Gasteiger partial charge < -0.3 is 14.1 Å². The van der Waals surface area contributed by atoms with Crippen LogP contribution in [0.4, 0.5) is 0 Å². The highest BCUT2D eigenvalue weighted by molar-refractivity contribution is 5.93. The van der Waals surface area contributed by atoms with Gasteiger partial charge in [-0.25, -0.2) is 9.78 Å². The minimum atomic E-state index is -0.956. The molecule has 2 heterocycles. The fourth-order valence-corrected chi connectivity index (χ4v) is 1.96. The average molecular weight is 242 g/mol. The van der Waals surface area contributed by atoms with Gasteiger partial charge in [-0.3, -0.25) is 0 Å². The summed E-state index contributed by atoms with van der Waals surface area (Å²) in [5.74, 6) is 0.380. The molecule has 0 unspecified atom stereocenters. The molecule has 0 fully saturated rings. The number of imidazole rings is 1. The maximum Gasteiger partial charge on any atom is 0.335 e. The van der Waals surface area contributed by atoms with Crippen LogP contribution in [0.2, 0.25) is 0 Å². The van der Waals surface area contributed by atoms with Gasteiger partial charge in [-0.1, -0.05) is 0 Å². The minimum absolute atomic E-state index is 0.228. The van der Waals surface area contributed by atoms with E-state index in [-0.39, 0.29) is 5.56 Å². The van der Waals surface area contributed by atoms with Gasteiger partial charge in [0.05, 0.1) is 22.9 Å². The summed E-state index contributed by atoms with van der Waals surface area (Å²) in [6.45, 7) is 0. The lowest BCUT2D eigenvalue weighted by Crippen LogP contribution is -1.95. The molecule has 0 saturated heterocycles. The zero-order chi connectivity index (χ0) is 12.7. The predicted octanol–water partition coefficient (Wildman–Crippen LogP) is 2.53. The Balaban J connectivity index is 2.25. The van der Waals surface area contributed by atoms with E-state index in [1.54, 1.807) is 30.5 Å². The minimum Gasteiger partial charge on any atom is -0.478 e. The third kappa shape index (κ3) is 1.48. The van der Waals surface area contributed by atoms with Gasteiger partial charge in [-0.05, 0) is 30.3 Å². The van der Waals surface area contributed by atoms with Crippen molar-refractivity contribution in [2.24, 2.45) is 7.05 Å². The first-order valence-electron chi connectivity index (χ1n) is 5.40. The molecule has 5 heteroatoms. The van der Waals surface area contributed by atoms with Crippen molar-refractivity contribution in [1.29, 1.82) is 0 Å². The molecule has 3 rings (SSSR count). The lowest BCUT2D eigenvalue weighted by atomic mass is 10.2. The number of fused-ring (bicyclic) bond motifs is 1. The number of carboxylic acid groups (broad SMARTS) is 1. The Morgan fingerprint density at radius 2 is 2.22 bits per heavy atom. The molecule has 0 radical (unpaired) electrons. The molecule has 90 valence electrons. The van der Waals surface area contributed by atoms with Crippen LogP contribution in [0.5, 0.6) is 0 Å². The van der Waals surface area contributed by atoms with Crippen molar-refractivity contribution in [1.82, 2.24) is 9.55 Å². The van der Waals surface area contributed by atoms with Gasteiger partial charge in [0.1, 0.15) is 0 Å². The molecule has 0 spiro atoms. The monoisotopic (exact) mass is 242 g/mol. The van der Waals surface area contributed by atoms with Gasteiger partial charge >= 0.3 is 5.97 Å². The van der Waals surface area contributed by atoms with Crippen molar-refractivity contribution in [2.75, 3.05) is 0 Å². The van der Waals surface area contributed by atoms with Crippen molar-refractivity contribution < 1.29 is 14.3 Å². The Labute approximate surface area is 102 Å². The van der Waals surface area contributed by atoms with Crippen LogP contribution in [-0.2, 0) is 7.05 Å². The number of furan rings is 1. The summed E-state index contributed by atoms with van der Waals surface area (Å²) in [7, 11) is 1.87. The van der Waals surface area contributed by atoms with Crippen LogP contribution in [0.3, 0.4) is 0 Å². The summed E-state index contributed by atoms with van der Waals surface area (Å²) in [4.78, 5) is 15.3. The van der Waals surface area contributed by atoms with Crippen LogP contribution < -0.4 is 0 Å². The number of aromatic nitrogens is 2. The quantitative estimate of drug-likeness (QED) is 0.749. The predicted molar refractivity (Wildman–Crippen MR) is 65.4 cm³/mol. The molecular formula is C13H10N2O3. The van der Waals surface area contributed by atoms with Gasteiger partial charge in [-0.2, -0.15) is 0 Å². The molecule has 0 atom stereocenters. The van der Waals surface area contributed by atoms with E-state index >= 15 is 0 Å². The summed E-state index contributed by atoms with van der Waals surface area (Å²) in [6, 6.07) is 8.48. The van der Waals surface area contributed by atoms with E-state index in [0.717, 1.165) is 5.52 Å². The molecule has 0 aliphatic heterocycles. The highest BCUT2D eigenvalue weighted by Crippen LogP contribution is 2.24. The van der Waals surface area contributed by atoms with Gasteiger partial charge in [0.2, 0.25) is 0 Å². The van der Waals surface area contributed by atoms with Crippen LogP contribution in [0.15, 0.2) is 41.0 Å². The number of rotatable bonds is 2. The largest absolute Gasteiger partial charge is 0.478 e. The molecule has 1 N–H and O–H groups in total. The third-order valence-corrected chi connectivity index (χ3v) is 2.87. The normalized spacial score (nSPS) is 10.9. The standard InChI is InChI=1S/C13H10N2O3/c1-15-10-5-4-8(13(16)17)7-9(10)14-12(15)11-3-2-6-18-11/h2-7H,1H3,(H,16,17). The summed E-state index contributed by atoms with van der Waals surface area (Å²) >= 11 is 0. The van der Waals surface area contributed by atoms with Crippen molar-refractivity contribution in [3.63, 3.8) is 0 Å². The highest BCUT2D eigenvalue weighted by atomic mass is 16.4. The van der Waals surface area contributed by atoms with Crippen LogP contribution in [0.1, 0.15) is 10.4 Å². The Kier molecular flexibility index (Phi) is 2.19. The molecule has 0 bridgehead atoms. The molecule has 0 saturated carbocycles. The Bertz CT molecular complexity index is 726. The summed E-state index contributed by atoms with van der Waals surface area (Å²) in [5.41, 5.74) is 1.74. The van der Waals surface area contributed by atoms with E-state index in [2.05, 4.69) is 4.98 Å². The SMILES string of the molecule is Cn1c(-c2ccco2)nc2cc(C(=O)O)ccc21. The fourth-order valence-electron chi connectivity index (χ4n) is 1.96. The second kappa shape index (κ2) is 3.73. The molecule has 1 aromatic carbocycles. The van der Waals surface area contributed by atoms with E-state index < -0.39 is 5.97 Å². The second-order valence-electron chi connectivity index (χ2n) is 3.98. The van der Waals surface area contributed by atoms with Crippen LogP contribution in [0.25, 0.3) is 22.6 Å². The first-order chi connectivity index (χ1) is 8.66. The number of benzene rings is 1. The maximum atomic E-state index is 10.9. The first-order valence-corrected chi connectivity index (χ1v) is 5.40. The summed E-state index contributed by atoms with van der Waals surface area (Å²) in [5, 5.41) is 8.95. The van der Waals surface area contributed by atoms with Crippen molar-refractivity contribution in [3.05, 3.63) is 42.2 Å². The molecule has 0 aliphatic rings. The lowest BCUT2D eigenvalue weighted by molar-refractivity contribution is 0.0697. The van der Waals surface area contributed by atoms with Crippen molar-refractivity contribution in [2.45, 2.75) is 0 Å². The Morgan fingerprint density at radius 1 is 1.39 bits per heavy atom. The number of hydrogen-bond donors (Lipinski definition) is 1. The molecule has 5 nitrogen and oxygen atoms in total. The number of nitrogens with zero attached hydrogens (tertiary/aromatic N) is 2. The van der Waals surface area contributed by atoms with E-state index in [1.807, 2.05) is 17.7 Å². The van der Waals surface area contributed by atoms with Crippen LogP contribution >= 0.6 is 0 Å². The van der Waals surface area contributed by atoms with E-state index in [0.29, 0.717) is 17.1 Å². The van der Waals surface area contributed by atoms with Crippen molar-refractivity contribution >= 4 is 17.0 Å². The molecule has 2 aromatic heterocycles. The van der Waals surface area contributed by atoms with E-state index in [9.17, 15) is 4.79 Å². The average Bonchev–Trinajstić information content (AvgIpc) is 2.97. The first kappa shape index (κ1) is 10.6. The van der Waals surface area contributed by atoms with Crippen molar-refractivity contribution in [3.8, 4) is 11.6 Å². The molecule has 0 amide bonds. The Morgan fingerprint density at radius 3 is 2.89 bits per heavy atom. The summed E-state index contributed by atoms with van der Waals surface area (Å²) in [6.07, 6.45) is 1.58. The molecular weight excluding hydrogens is 232 g/mol. The maximum absolute atomic E-state index is 10.9. The number of carbonyl (C=O) groups is 1. The Hall–Kier alpha value is -2.56. The second-order valence-corrected chi connectivity index (χ2v) is 3.98. The smallest absolute Gasteiger partial charge is 0.335 e. The number of hydrogen-bond acceptors (Lipinski definition) is 3. The van der Waals surface area contributed by atoms with Gasteiger partial charge in [0, 0.05) is 7.05 Å². The fraction of sp³-hybridized carbons (Fsp3) is 0.0769. The lowest BCUT2D eigenvalue weighted by Gasteiger charge is -1.98. The number of aromatic carboxylic acids is 1. The van der Waals surface area contributed by atoms with Crippen LogP contribution in [0, 0.1) is 0 Å². The van der Waals surface area contributed by atoms with Gasteiger partial charge in [0.15, 0.2) is 11.6 Å². The third-order valence-electron chi connectivity index (χ3n) is 2.87. The number of aryl methyl sites for hydroxylation is 1. The van der Waals surface area contributed by atoms with E-state index in [1.165, 1.54) is 0 Å². The van der Waals surface area contributed by atoms with Crippen LogP contribution in [-0.4, -0.2) is 20.6 Å². The zero-order valence-electron chi connectivity index (χ0n) is 9.62. The molecule has 18 heavy (non-hydrogen) atoms. The topological polar surface area (TPSA) is 68.3 Å². The van der Waals surface area contributed by atoms with Gasteiger partial charge in [-0.15, -0.1) is 0 Å². The van der Waals surface area contributed by atoms with Gasteiger partial charge in [0.25, 0.3) is 0 Å². The zero-order valence-corrected chi connectivity index (χ0v) is 9.62. The molecule has 3 aromatic rings. The highest BCUT2D eigenvalue weighted by Gasteiger charge is 2.13. The van der Waals surface area contributed by atoms with E-state index in [4.69, 9.17) is 9.52 Å². The summed E-state index contributed by atoms with van der Waals surface area (Å²) < 4.78 is 7.18. The molecule has 0 aliphatic carbocycles. The number of carboxylic acids is 1.